The number of likely N-dealkylation sites (tertiary alicyclic amines) is 1. The Morgan fingerprint density at radius 2 is 1.61 bits per heavy atom. The van der Waals surface area contributed by atoms with Gasteiger partial charge in [-0.25, -0.2) is 8.42 Å². The van der Waals surface area contributed by atoms with Gasteiger partial charge in [0.1, 0.15) is 16.7 Å². The second-order valence-corrected chi connectivity index (χ2v) is 12.7. The largest absolute Gasteiger partial charge is 0.507 e. The van der Waals surface area contributed by atoms with E-state index in [2.05, 4.69) is 5.32 Å². The summed E-state index contributed by atoms with van der Waals surface area (Å²) in [5, 5.41) is 43.4. The van der Waals surface area contributed by atoms with Crippen LogP contribution >= 0.6 is 0 Å². The molecular formula is C27H35N3O7S. The fraction of sp³-hybridized carbons (Fsp3) is 0.519. The number of nitrogens with zero attached hydrogens (tertiary/aromatic N) is 2. The smallest absolute Gasteiger partial charge is 0.247 e. The van der Waals surface area contributed by atoms with E-state index in [0.717, 1.165) is 35.2 Å². The van der Waals surface area contributed by atoms with E-state index in [1.807, 2.05) is 18.2 Å². The van der Waals surface area contributed by atoms with E-state index in [-0.39, 0.29) is 48.5 Å². The highest BCUT2D eigenvalue weighted by molar-refractivity contribution is 7.89. The fourth-order valence-electron chi connectivity index (χ4n) is 5.76. The Morgan fingerprint density at radius 1 is 0.947 bits per heavy atom. The molecule has 5 N–H and O–H groups in total. The Labute approximate surface area is 222 Å². The van der Waals surface area contributed by atoms with Crippen molar-refractivity contribution in [1.82, 2.24) is 9.21 Å². The zero-order valence-corrected chi connectivity index (χ0v) is 22.1. The number of piperidine rings is 1. The lowest BCUT2D eigenvalue weighted by Gasteiger charge is -2.38. The number of hydrogen-bond acceptors (Lipinski definition) is 8. The van der Waals surface area contributed by atoms with Crippen LogP contribution in [0.1, 0.15) is 42.4 Å². The maximum absolute atomic E-state index is 13.2. The summed E-state index contributed by atoms with van der Waals surface area (Å²) in [6.07, 6.45) is -1.63. The molecule has 0 bridgehead atoms. The van der Waals surface area contributed by atoms with Crippen LogP contribution in [0.15, 0.2) is 41.3 Å². The van der Waals surface area contributed by atoms with Gasteiger partial charge in [-0.1, -0.05) is 12.1 Å². The maximum atomic E-state index is 13.2. The van der Waals surface area contributed by atoms with E-state index in [4.69, 9.17) is 0 Å². The van der Waals surface area contributed by atoms with Crippen LogP contribution in [0.5, 0.6) is 5.75 Å². The molecule has 38 heavy (non-hydrogen) atoms. The van der Waals surface area contributed by atoms with E-state index in [1.54, 1.807) is 17.9 Å². The SMILES string of the molecule is Cc1ccc(S(=O)(=O)N2Cc3ccc(NC4CCN(C(=O)C5C[C@@H](O)C(O)[C@H](O)C5)CC4)cc3C2)c(O)c1. The van der Waals surface area contributed by atoms with E-state index in [0.29, 0.717) is 13.1 Å². The molecule has 10 nitrogen and oxygen atoms in total. The van der Waals surface area contributed by atoms with Crippen molar-refractivity contribution in [3.05, 3.63) is 53.1 Å². The lowest BCUT2D eigenvalue weighted by molar-refractivity contribution is -0.148. The number of phenolic OH excluding ortho intramolecular Hbond substituents is 1. The minimum absolute atomic E-state index is 0.0908. The van der Waals surface area contributed by atoms with Crippen molar-refractivity contribution in [2.24, 2.45) is 5.92 Å². The number of nitrogens with one attached hydrogen (secondary N) is 1. The summed E-state index contributed by atoms with van der Waals surface area (Å²) in [4.78, 5) is 14.6. The Morgan fingerprint density at radius 3 is 2.26 bits per heavy atom. The molecule has 2 aromatic rings. The van der Waals surface area contributed by atoms with Crippen LogP contribution in [-0.4, -0.2) is 81.4 Å². The number of amides is 1. The number of aromatic hydroxyl groups is 1. The first-order chi connectivity index (χ1) is 18.0. The highest BCUT2D eigenvalue weighted by Gasteiger charge is 2.40. The van der Waals surface area contributed by atoms with Gasteiger partial charge in [0.05, 0.1) is 12.2 Å². The van der Waals surface area contributed by atoms with Crippen molar-refractivity contribution in [2.75, 3.05) is 18.4 Å². The summed E-state index contributed by atoms with van der Waals surface area (Å²) in [7, 11) is -3.85. The Bertz CT molecular complexity index is 1300. The van der Waals surface area contributed by atoms with Crippen LogP contribution in [0, 0.1) is 12.8 Å². The zero-order valence-electron chi connectivity index (χ0n) is 21.3. The summed E-state index contributed by atoms with van der Waals surface area (Å²) in [5.74, 6) is -0.834. The van der Waals surface area contributed by atoms with Crippen LogP contribution in [0.2, 0.25) is 0 Å². The van der Waals surface area contributed by atoms with Gasteiger partial charge in [0.25, 0.3) is 0 Å². The van der Waals surface area contributed by atoms with Crippen LogP contribution in [0.4, 0.5) is 5.69 Å². The number of phenols is 1. The summed E-state index contributed by atoms with van der Waals surface area (Å²) in [6, 6.07) is 10.5. The van der Waals surface area contributed by atoms with Gasteiger partial charge in [-0.05, 0) is 73.6 Å². The van der Waals surface area contributed by atoms with Crippen molar-refractivity contribution in [2.45, 2.75) is 74.9 Å². The third-order valence-electron chi connectivity index (χ3n) is 8.00. The number of carbonyl (C=O) groups excluding carboxylic acids is 1. The molecule has 0 spiro atoms. The molecule has 0 radical (unpaired) electrons. The quantitative estimate of drug-likeness (QED) is 0.377. The average Bonchev–Trinajstić information content (AvgIpc) is 3.31. The predicted molar refractivity (Wildman–Crippen MR) is 140 cm³/mol. The van der Waals surface area contributed by atoms with Gasteiger partial charge in [0.15, 0.2) is 0 Å². The molecule has 1 amide bonds. The van der Waals surface area contributed by atoms with Crippen LogP contribution < -0.4 is 5.32 Å². The molecule has 5 rings (SSSR count). The first kappa shape index (κ1) is 26.9. The predicted octanol–water partition coefficient (Wildman–Crippen LogP) is 1.30. The van der Waals surface area contributed by atoms with Crippen LogP contribution in [0.3, 0.4) is 0 Å². The van der Waals surface area contributed by atoms with Gasteiger partial charge in [-0.2, -0.15) is 4.31 Å². The molecule has 2 aromatic carbocycles. The zero-order chi connectivity index (χ0) is 27.2. The van der Waals surface area contributed by atoms with Gasteiger partial charge >= 0.3 is 0 Å². The van der Waals surface area contributed by atoms with Gasteiger partial charge in [-0.3, -0.25) is 4.79 Å². The summed E-state index contributed by atoms with van der Waals surface area (Å²) in [5.41, 5.74) is 3.50. The Kier molecular flexibility index (Phi) is 7.40. The van der Waals surface area contributed by atoms with Gasteiger partial charge in [0.2, 0.25) is 15.9 Å². The number of rotatable bonds is 5. The molecule has 0 unspecified atom stereocenters. The molecule has 2 aliphatic heterocycles. The van der Waals surface area contributed by atoms with Crippen molar-refractivity contribution in [3.8, 4) is 5.75 Å². The maximum Gasteiger partial charge on any atom is 0.247 e. The number of aryl methyl sites for hydroxylation is 1. The third kappa shape index (κ3) is 5.26. The Hall–Kier alpha value is -2.70. The van der Waals surface area contributed by atoms with Crippen LogP contribution in [-0.2, 0) is 27.9 Å². The first-order valence-electron chi connectivity index (χ1n) is 13.0. The molecule has 1 aliphatic carbocycles. The summed E-state index contributed by atoms with van der Waals surface area (Å²) in [6.45, 7) is 3.36. The van der Waals surface area contributed by atoms with Gasteiger partial charge in [-0.15, -0.1) is 0 Å². The normalized spacial score (nSPS) is 26.8. The first-order valence-corrected chi connectivity index (χ1v) is 14.5. The molecule has 2 fully saturated rings. The second-order valence-electron chi connectivity index (χ2n) is 10.8. The third-order valence-corrected chi connectivity index (χ3v) is 9.84. The lowest BCUT2D eigenvalue weighted by atomic mass is 9.82. The number of anilines is 1. The number of carbonyl (C=O) groups is 1. The number of aliphatic hydroxyl groups is 3. The van der Waals surface area contributed by atoms with Crippen molar-refractivity contribution >= 4 is 21.6 Å². The average molecular weight is 546 g/mol. The highest BCUT2D eigenvalue weighted by atomic mass is 32.2. The molecule has 11 heteroatoms. The molecule has 2 atom stereocenters. The summed E-state index contributed by atoms with van der Waals surface area (Å²) >= 11 is 0. The molecule has 3 aliphatic rings. The second kappa shape index (κ2) is 10.5. The molecule has 1 saturated heterocycles. The fourth-order valence-corrected chi connectivity index (χ4v) is 7.22. The molecule has 2 heterocycles. The van der Waals surface area contributed by atoms with Gasteiger partial charge in [0, 0.05) is 43.8 Å². The number of hydrogen-bond donors (Lipinski definition) is 5. The van der Waals surface area contributed by atoms with E-state index >= 15 is 0 Å². The van der Waals surface area contributed by atoms with Crippen LogP contribution in [0.25, 0.3) is 0 Å². The number of aliphatic hydroxyl groups excluding tert-OH is 3. The van der Waals surface area contributed by atoms with E-state index < -0.39 is 34.3 Å². The molecule has 1 saturated carbocycles. The minimum atomic E-state index is -3.85. The Balaban J connectivity index is 1.17. The summed E-state index contributed by atoms with van der Waals surface area (Å²) < 4.78 is 27.7. The van der Waals surface area contributed by atoms with Crippen molar-refractivity contribution in [3.63, 3.8) is 0 Å². The van der Waals surface area contributed by atoms with E-state index in [9.17, 15) is 33.6 Å². The number of sulfonamides is 1. The van der Waals surface area contributed by atoms with Crippen molar-refractivity contribution < 1.29 is 33.6 Å². The molecular weight excluding hydrogens is 510 g/mol. The molecule has 0 aromatic heterocycles. The minimum Gasteiger partial charge on any atom is -0.507 e. The number of benzene rings is 2. The van der Waals surface area contributed by atoms with Gasteiger partial charge < -0.3 is 30.6 Å². The monoisotopic (exact) mass is 545 g/mol. The lowest BCUT2D eigenvalue weighted by Crippen LogP contribution is -2.51. The van der Waals surface area contributed by atoms with E-state index in [1.165, 1.54) is 16.4 Å². The van der Waals surface area contributed by atoms with Crippen molar-refractivity contribution in [1.29, 1.82) is 0 Å². The molecule has 206 valence electrons. The number of fused-ring (bicyclic) bond motifs is 1. The highest BCUT2D eigenvalue weighted by Crippen LogP contribution is 2.34. The standard InChI is InChI=1S/C27H35N3O7S/c1-16-2-5-25(22(31)10-16)38(36,37)30-14-17-3-4-21(11-19(17)15-30)28-20-6-8-29(9-7-20)27(35)18-12-23(32)26(34)24(33)13-18/h2-5,10-11,18,20,23-24,26,28,31-34H,6-9,12-15H2,1H3/t18?,23-,24-,26?/m1/s1. The topological polar surface area (TPSA) is 151 Å².